The lowest BCUT2D eigenvalue weighted by atomic mass is 10.0. The zero-order valence-corrected chi connectivity index (χ0v) is 20.9. The van der Waals surface area contributed by atoms with E-state index in [1.165, 1.54) is 12.3 Å². The maximum Gasteiger partial charge on any atom is 0.273 e. The number of allylic oxidation sites excluding steroid dienone is 1. The molecule has 36 heavy (non-hydrogen) atoms. The third-order valence-corrected chi connectivity index (χ3v) is 5.56. The summed E-state index contributed by atoms with van der Waals surface area (Å²) in [5.74, 6) is -0.360. The van der Waals surface area contributed by atoms with Gasteiger partial charge in [0.15, 0.2) is 23.2 Å². The van der Waals surface area contributed by atoms with E-state index in [2.05, 4.69) is 44.1 Å². The van der Waals surface area contributed by atoms with Crippen LogP contribution in [0.5, 0.6) is 0 Å². The second-order valence-corrected chi connectivity index (χ2v) is 8.44. The first kappa shape index (κ1) is 26.4. The Balaban J connectivity index is 1.75. The molecule has 1 amide bonds. The van der Waals surface area contributed by atoms with Gasteiger partial charge in [0, 0.05) is 47.7 Å². The van der Waals surface area contributed by atoms with Crippen molar-refractivity contribution < 1.29 is 9.18 Å². The Labute approximate surface area is 210 Å². The molecule has 0 aliphatic carbocycles. The number of carbonyl (C=O) groups excluding carboxylic acids is 1. The smallest absolute Gasteiger partial charge is 0.273 e. The van der Waals surface area contributed by atoms with E-state index in [9.17, 15) is 9.18 Å². The fourth-order valence-corrected chi connectivity index (χ4v) is 3.23. The van der Waals surface area contributed by atoms with Gasteiger partial charge in [-0.05, 0) is 49.5 Å². The van der Waals surface area contributed by atoms with Crippen molar-refractivity contribution in [2.24, 2.45) is 16.5 Å². The molecule has 0 aliphatic rings. The van der Waals surface area contributed by atoms with Gasteiger partial charge in [-0.2, -0.15) is 0 Å². The monoisotopic (exact) mass is 490 g/mol. The summed E-state index contributed by atoms with van der Waals surface area (Å²) in [7, 11) is 0. The third-order valence-electron chi connectivity index (χ3n) is 5.56. The molecule has 3 aromatic heterocycles. The quantitative estimate of drug-likeness (QED) is 0.303. The number of nitrogens with zero attached hydrogens (tertiary/aromatic N) is 5. The van der Waals surface area contributed by atoms with Crippen LogP contribution < -0.4 is 16.8 Å². The van der Waals surface area contributed by atoms with Gasteiger partial charge in [0.25, 0.3) is 5.91 Å². The van der Waals surface area contributed by atoms with Gasteiger partial charge in [0.2, 0.25) is 0 Å². The number of pyridine rings is 2. The minimum atomic E-state index is -0.788. The van der Waals surface area contributed by atoms with Gasteiger partial charge in [-0.15, -0.1) is 0 Å². The molecule has 0 spiro atoms. The van der Waals surface area contributed by atoms with Crippen molar-refractivity contribution in [1.82, 2.24) is 25.3 Å². The summed E-state index contributed by atoms with van der Waals surface area (Å²) < 4.78 is 14.8. The summed E-state index contributed by atoms with van der Waals surface area (Å²) in [5, 5.41) is 2.68. The number of halogens is 1. The van der Waals surface area contributed by atoms with Crippen LogP contribution in [-0.4, -0.2) is 31.7 Å². The average molecular weight is 491 g/mol. The number of nitrogens with one attached hydrogen (secondary N) is 1. The van der Waals surface area contributed by atoms with Gasteiger partial charge >= 0.3 is 0 Å². The zero-order chi connectivity index (χ0) is 26.2. The van der Waals surface area contributed by atoms with E-state index in [0.717, 1.165) is 17.7 Å². The number of amides is 1. The van der Waals surface area contributed by atoms with Crippen molar-refractivity contribution in [2.45, 2.75) is 53.0 Å². The van der Waals surface area contributed by atoms with E-state index in [1.54, 1.807) is 25.3 Å². The number of nitrogens with two attached hydrogens (primary N) is 2. The standard InChI is InChI=1S/C26H31FN8O/c1-5-15(3)21-8-7-17(12-30-21)13-32-26(36)24-20(27)10-18(14-31-24)25-33-16(4)9-23(35-25)34-22(29)11-19(28)6-2/h7-12,14-15H,5-6,13,28H2,1-4H3,(H,32,36)(H2,29,33,34,35)/b19-11-. The van der Waals surface area contributed by atoms with Gasteiger partial charge in [-0.1, -0.05) is 26.8 Å². The molecule has 0 bridgehead atoms. The van der Waals surface area contributed by atoms with Gasteiger partial charge in [-0.3, -0.25) is 9.78 Å². The topological polar surface area (TPSA) is 145 Å². The van der Waals surface area contributed by atoms with Crippen molar-refractivity contribution in [3.63, 3.8) is 0 Å². The van der Waals surface area contributed by atoms with Crippen molar-refractivity contribution in [2.75, 3.05) is 0 Å². The van der Waals surface area contributed by atoms with Crippen molar-refractivity contribution in [3.05, 3.63) is 76.9 Å². The molecule has 0 radical (unpaired) electrons. The normalized spacial score (nSPS) is 12.9. The van der Waals surface area contributed by atoms with E-state index < -0.39 is 11.7 Å². The van der Waals surface area contributed by atoms with Crippen LogP contribution in [0, 0.1) is 12.7 Å². The van der Waals surface area contributed by atoms with Crippen LogP contribution in [0.25, 0.3) is 11.4 Å². The second kappa shape index (κ2) is 12.0. The molecule has 5 N–H and O–H groups in total. The molecule has 3 rings (SSSR count). The van der Waals surface area contributed by atoms with Crippen LogP contribution >= 0.6 is 0 Å². The van der Waals surface area contributed by atoms with E-state index in [1.807, 2.05) is 19.1 Å². The number of hydrogen-bond donors (Lipinski definition) is 3. The largest absolute Gasteiger partial charge is 0.402 e. The van der Waals surface area contributed by atoms with Gasteiger partial charge in [0.1, 0.15) is 5.84 Å². The first-order chi connectivity index (χ1) is 17.2. The predicted molar refractivity (Wildman–Crippen MR) is 138 cm³/mol. The molecule has 3 aromatic rings. The molecular formula is C26H31FN8O. The van der Waals surface area contributed by atoms with Gasteiger partial charge < -0.3 is 16.8 Å². The summed E-state index contributed by atoms with van der Waals surface area (Å²) in [4.78, 5) is 33.9. The molecule has 10 heteroatoms. The Morgan fingerprint density at radius 1 is 1.17 bits per heavy atom. The molecule has 0 aromatic carbocycles. The highest BCUT2D eigenvalue weighted by atomic mass is 19.1. The van der Waals surface area contributed by atoms with Crippen LogP contribution in [0.1, 0.15) is 67.0 Å². The van der Waals surface area contributed by atoms with Gasteiger partial charge in [-0.25, -0.2) is 24.3 Å². The first-order valence-electron chi connectivity index (χ1n) is 11.7. The van der Waals surface area contributed by atoms with Crippen molar-refractivity contribution in [1.29, 1.82) is 0 Å². The van der Waals surface area contributed by atoms with Crippen LogP contribution in [0.2, 0.25) is 0 Å². The SMILES string of the molecule is CC/C(N)=C/C(N)=Nc1cc(C)nc(-c2cnc(C(=O)NCc3ccc(C(C)CC)nc3)c(F)c2)n1. The van der Waals surface area contributed by atoms with Crippen LogP contribution in [0.3, 0.4) is 0 Å². The first-order valence-corrected chi connectivity index (χ1v) is 11.7. The molecule has 1 atom stereocenters. The Morgan fingerprint density at radius 3 is 2.58 bits per heavy atom. The summed E-state index contributed by atoms with van der Waals surface area (Å²) in [6, 6.07) is 6.65. The molecule has 0 saturated carbocycles. The van der Waals surface area contributed by atoms with Crippen LogP contribution in [0.15, 0.2) is 53.4 Å². The summed E-state index contributed by atoms with van der Waals surface area (Å²) in [6.45, 7) is 8.07. The fraction of sp³-hybridized carbons (Fsp3) is 0.308. The molecular weight excluding hydrogens is 459 g/mol. The predicted octanol–water partition coefficient (Wildman–Crippen LogP) is 4.07. The third kappa shape index (κ3) is 6.91. The van der Waals surface area contributed by atoms with E-state index >= 15 is 0 Å². The highest BCUT2D eigenvalue weighted by molar-refractivity contribution is 5.94. The van der Waals surface area contributed by atoms with Crippen LogP contribution in [0.4, 0.5) is 10.2 Å². The summed E-state index contributed by atoms with van der Waals surface area (Å²) >= 11 is 0. The minimum Gasteiger partial charge on any atom is -0.402 e. The molecule has 0 fully saturated rings. The fourth-order valence-electron chi connectivity index (χ4n) is 3.23. The summed E-state index contributed by atoms with van der Waals surface area (Å²) in [6.07, 6.45) is 6.24. The molecule has 0 saturated heterocycles. The highest BCUT2D eigenvalue weighted by Gasteiger charge is 2.16. The lowest BCUT2D eigenvalue weighted by molar-refractivity contribution is 0.0941. The average Bonchev–Trinajstić information content (AvgIpc) is 2.86. The molecule has 3 heterocycles. The van der Waals surface area contributed by atoms with E-state index in [4.69, 9.17) is 11.5 Å². The molecule has 188 valence electrons. The number of carbonyl (C=O) groups is 1. The van der Waals surface area contributed by atoms with Crippen molar-refractivity contribution >= 4 is 17.6 Å². The number of aromatic nitrogens is 4. The molecule has 0 aliphatic heterocycles. The number of aliphatic imine (C=N–C) groups is 1. The zero-order valence-electron chi connectivity index (χ0n) is 20.9. The van der Waals surface area contributed by atoms with Crippen molar-refractivity contribution in [3.8, 4) is 11.4 Å². The molecule has 1 unspecified atom stereocenters. The van der Waals surface area contributed by atoms with Crippen LogP contribution in [-0.2, 0) is 6.54 Å². The Morgan fingerprint density at radius 2 is 1.94 bits per heavy atom. The summed E-state index contributed by atoms with van der Waals surface area (Å²) in [5.41, 5.74) is 14.7. The second-order valence-electron chi connectivity index (χ2n) is 8.44. The lowest BCUT2D eigenvalue weighted by Gasteiger charge is -2.10. The maximum absolute atomic E-state index is 14.8. The minimum absolute atomic E-state index is 0.194. The Hall–Kier alpha value is -4.21. The number of aryl methyl sites for hydroxylation is 1. The van der Waals surface area contributed by atoms with E-state index in [-0.39, 0.29) is 23.9 Å². The molecule has 9 nitrogen and oxygen atoms in total. The number of hydrogen-bond acceptors (Lipinski definition) is 7. The highest BCUT2D eigenvalue weighted by Crippen LogP contribution is 2.21. The lowest BCUT2D eigenvalue weighted by Crippen LogP contribution is -2.25. The maximum atomic E-state index is 14.8. The van der Waals surface area contributed by atoms with E-state index in [0.29, 0.717) is 35.1 Å². The Kier molecular flexibility index (Phi) is 8.77. The Bertz CT molecular complexity index is 1290. The number of amidine groups is 1. The van der Waals surface area contributed by atoms with Gasteiger partial charge in [0.05, 0.1) is 0 Å². The number of rotatable bonds is 9.